The monoisotopic (exact) mass is 413 g/mol. The molecule has 1 aliphatic heterocycles. The van der Waals surface area contributed by atoms with Crippen LogP contribution in [0, 0.1) is 19.8 Å². The van der Waals surface area contributed by atoms with Crippen molar-refractivity contribution in [3.05, 3.63) is 46.4 Å². The van der Waals surface area contributed by atoms with Crippen LogP contribution in [0.1, 0.15) is 29.9 Å². The van der Waals surface area contributed by atoms with Crippen LogP contribution < -0.4 is 10.2 Å². The number of nitrogens with one attached hydrogen (secondary N) is 1. The van der Waals surface area contributed by atoms with E-state index in [1.165, 1.54) is 0 Å². The van der Waals surface area contributed by atoms with E-state index in [1.807, 2.05) is 38.1 Å². The molecule has 1 amide bonds. The van der Waals surface area contributed by atoms with Gasteiger partial charge in [-0.25, -0.2) is 4.98 Å². The molecule has 3 heterocycles. The Balaban J connectivity index is 1.41. The van der Waals surface area contributed by atoms with Crippen LogP contribution in [0.2, 0.25) is 5.02 Å². The van der Waals surface area contributed by atoms with E-state index in [0.717, 1.165) is 53.3 Å². The third kappa shape index (κ3) is 4.34. The van der Waals surface area contributed by atoms with E-state index in [9.17, 15) is 4.79 Å². The summed E-state index contributed by atoms with van der Waals surface area (Å²) in [6, 6.07) is 7.71. The summed E-state index contributed by atoms with van der Waals surface area (Å²) < 4.78 is 5.32. The quantitative estimate of drug-likeness (QED) is 0.689. The number of benzene rings is 1. The molecule has 1 N–H and O–H groups in total. The molecule has 1 aromatic carbocycles. The van der Waals surface area contributed by atoms with Gasteiger partial charge in [0.15, 0.2) is 0 Å². The van der Waals surface area contributed by atoms with Crippen LogP contribution in [0.15, 0.2) is 28.8 Å². The summed E-state index contributed by atoms with van der Waals surface area (Å²) in [5, 5.41) is 8.66. The Morgan fingerprint density at radius 1 is 1.28 bits per heavy atom. The molecule has 0 aliphatic carbocycles. The Bertz CT molecular complexity index is 1020. The number of amides is 1. The Morgan fingerprint density at radius 2 is 2.07 bits per heavy atom. The number of carbonyl (C=O) groups excluding carboxylic acids is 1. The highest BCUT2D eigenvalue weighted by molar-refractivity contribution is 6.30. The second-order valence-electron chi connectivity index (χ2n) is 7.50. The first kappa shape index (κ1) is 19.6. The van der Waals surface area contributed by atoms with Gasteiger partial charge in [-0.15, -0.1) is 0 Å². The third-order valence-corrected chi connectivity index (χ3v) is 5.57. The van der Waals surface area contributed by atoms with Crippen molar-refractivity contribution < 1.29 is 9.32 Å². The van der Waals surface area contributed by atoms with Crippen LogP contribution in [0.3, 0.4) is 0 Å². The fraction of sp³-hybridized carbons (Fsp3) is 0.429. The van der Waals surface area contributed by atoms with Gasteiger partial charge in [0.25, 0.3) is 5.71 Å². The zero-order valence-electron chi connectivity index (χ0n) is 16.6. The minimum absolute atomic E-state index is 0.0699. The highest BCUT2D eigenvalue weighted by Gasteiger charge is 2.28. The predicted molar refractivity (Wildman–Crippen MR) is 112 cm³/mol. The molecule has 1 aliphatic rings. The lowest BCUT2D eigenvalue weighted by molar-refractivity contribution is -0.125. The number of nitrogens with zero attached hydrogens (tertiary/aromatic N) is 4. The number of fused-ring (bicyclic) bond motifs is 1. The van der Waals surface area contributed by atoms with Crippen molar-refractivity contribution in [3.63, 3.8) is 0 Å². The molecule has 29 heavy (non-hydrogen) atoms. The number of hydrogen-bond donors (Lipinski definition) is 1. The molecule has 1 atom stereocenters. The van der Waals surface area contributed by atoms with Gasteiger partial charge in [0, 0.05) is 24.7 Å². The Kier molecular flexibility index (Phi) is 5.67. The normalized spacial score (nSPS) is 16.9. The zero-order chi connectivity index (χ0) is 20.4. The molecule has 4 rings (SSSR count). The fourth-order valence-electron chi connectivity index (χ4n) is 3.81. The first-order valence-electron chi connectivity index (χ1n) is 9.89. The summed E-state index contributed by atoms with van der Waals surface area (Å²) in [7, 11) is 0. The standard InChI is InChI=1S/C21H24ClN5O2/c1-13-18-19(24-14(2)25-21(18)29-26-13)27-11-3-4-16(12-27)20(28)23-10-9-15-5-7-17(22)8-6-15/h5-8,16H,3-4,9-12H2,1-2H3,(H,23,28)/t16-/m1/s1. The number of aromatic nitrogens is 3. The summed E-state index contributed by atoms with van der Waals surface area (Å²) >= 11 is 5.92. The summed E-state index contributed by atoms with van der Waals surface area (Å²) in [5.74, 6) is 1.47. The molecule has 7 nitrogen and oxygen atoms in total. The molecular formula is C21H24ClN5O2. The lowest BCUT2D eigenvalue weighted by Crippen LogP contribution is -2.44. The molecule has 1 saturated heterocycles. The largest absolute Gasteiger partial charge is 0.355 e. The number of halogens is 1. The minimum Gasteiger partial charge on any atom is -0.355 e. The Labute approximate surface area is 174 Å². The van der Waals surface area contributed by atoms with Crippen molar-refractivity contribution in [2.45, 2.75) is 33.1 Å². The molecule has 0 unspecified atom stereocenters. The van der Waals surface area contributed by atoms with E-state index >= 15 is 0 Å². The lowest BCUT2D eigenvalue weighted by Gasteiger charge is -2.33. The van der Waals surface area contributed by atoms with E-state index < -0.39 is 0 Å². The first-order valence-corrected chi connectivity index (χ1v) is 10.3. The van der Waals surface area contributed by atoms with Gasteiger partial charge in [-0.3, -0.25) is 4.79 Å². The van der Waals surface area contributed by atoms with E-state index in [4.69, 9.17) is 16.1 Å². The molecule has 0 radical (unpaired) electrons. The number of piperidine rings is 1. The first-order chi connectivity index (χ1) is 14.0. The van der Waals surface area contributed by atoms with Crippen molar-refractivity contribution in [2.24, 2.45) is 5.92 Å². The average Bonchev–Trinajstić information content (AvgIpc) is 3.09. The number of carbonyl (C=O) groups is 1. The van der Waals surface area contributed by atoms with Gasteiger partial charge >= 0.3 is 0 Å². The molecule has 3 aromatic rings. The fourth-order valence-corrected chi connectivity index (χ4v) is 3.94. The average molecular weight is 414 g/mol. The van der Waals surface area contributed by atoms with Crippen LogP contribution in [0.25, 0.3) is 11.1 Å². The summed E-state index contributed by atoms with van der Waals surface area (Å²) in [6.45, 7) is 5.82. The number of anilines is 1. The highest BCUT2D eigenvalue weighted by Crippen LogP contribution is 2.30. The number of aryl methyl sites for hydroxylation is 2. The maximum atomic E-state index is 12.7. The smallest absolute Gasteiger partial charge is 0.263 e. The molecular weight excluding hydrogens is 390 g/mol. The lowest BCUT2D eigenvalue weighted by atomic mass is 9.96. The maximum absolute atomic E-state index is 12.7. The number of hydrogen-bond acceptors (Lipinski definition) is 6. The van der Waals surface area contributed by atoms with E-state index in [1.54, 1.807) is 0 Å². The summed E-state index contributed by atoms with van der Waals surface area (Å²) in [6.07, 6.45) is 2.59. The Morgan fingerprint density at radius 3 is 2.86 bits per heavy atom. The van der Waals surface area contributed by atoms with Gasteiger partial charge in [0.1, 0.15) is 17.0 Å². The predicted octanol–water partition coefficient (Wildman–Crippen LogP) is 3.46. The minimum atomic E-state index is -0.0699. The van der Waals surface area contributed by atoms with Crippen molar-refractivity contribution >= 4 is 34.4 Å². The molecule has 1 fully saturated rings. The molecule has 2 aromatic heterocycles. The van der Waals surface area contributed by atoms with E-state index in [-0.39, 0.29) is 11.8 Å². The van der Waals surface area contributed by atoms with Gasteiger partial charge in [-0.05, 0) is 50.8 Å². The van der Waals surface area contributed by atoms with Gasteiger partial charge in [0.2, 0.25) is 5.91 Å². The molecule has 152 valence electrons. The molecule has 8 heteroatoms. The van der Waals surface area contributed by atoms with Gasteiger partial charge in [-0.1, -0.05) is 28.9 Å². The van der Waals surface area contributed by atoms with Crippen LogP contribution in [0.4, 0.5) is 5.82 Å². The Hall–Kier alpha value is -2.67. The second kappa shape index (κ2) is 8.37. The van der Waals surface area contributed by atoms with Gasteiger partial charge in [0.05, 0.1) is 11.6 Å². The van der Waals surface area contributed by atoms with E-state index in [2.05, 4.69) is 25.3 Å². The van der Waals surface area contributed by atoms with E-state index in [0.29, 0.717) is 24.6 Å². The van der Waals surface area contributed by atoms with Crippen LogP contribution >= 0.6 is 11.6 Å². The zero-order valence-corrected chi connectivity index (χ0v) is 17.4. The maximum Gasteiger partial charge on any atom is 0.263 e. The van der Waals surface area contributed by atoms with Crippen LogP contribution in [-0.4, -0.2) is 40.7 Å². The third-order valence-electron chi connectivity index (χ3n) is 5.32. The topological polar surface area (TPSA) is 84.2 Å². The number of rotatable bonds is 5. The summed E-state index contributed by atoms with van der Waals surface area (Å²) in [4.78, 5) is 23.9. The SMILES string of the molecule is Cc1nc(N2CCC[C@@H](C(=O)NCCc3ccc(Cl)cc3)C2)c2c(C)noc2n1. The molecule has 0 spiro atoms. The van der Waals surface area contributed by atoms with Crippen molar-refractivity contribution in [1.82, 2.24) is 20.4 Å². The van der Waals surface area contributed by atoms with Crippen LogP contribution in [-0.2, 0) is 11.2 Å². The van der Waals surface area contributed by atoms with Gasteiger partial charge < -0.3 is 14.7 Å². The highest BCUT2D eigenvalue weighted by atomic mass is 35.5. The molecule has 0 saturated carbocycles. The van der Waals surface area contributed by atoms with Crippen molar-refractivity contribution in [1.29, 1.82) is 0 Å². The van der Waals surface area contributed by atoms with Crippen molar-refractivity contribution in [2.75, 3.05) is 24.5 Å². The molecule has 0 bridgehead atoms. The van der Waals surface area contributed by atoms with Gasteiger partial charge in [-0.2, -0.15) is 4.98 Å². The van der Waals surface area contributed by atoms with Crippen LogP contribution in [0.5, 0.6) is 0 Å². The second-order valence-corrected chi connectivity index (χ2v) is 7.93. The summed E-state index contributed by atoms with van der Waals surface area (Å²) in [5.41, 5.74) is 2.42. The van der Waals surface area contributed by atoms with Crippen molar-refractivity contribution in [3.8, 4) is 0 Å².